The van der Waals surface area contributed by atoms with E-state index in [-0.39, 0.29) is 5.97 Å². The number of ether oxygens (including phenoxy) is 1. The normalized spacial score (nSPS) is 12.1. The molecule has 0 fully saturated rings. The van der Waals surface area contributed by atoms with Crippen molar-refractivity contribution in [1.29, 1.82) is 0 Å². The molecule has 24 heavy (non-hydrogen) atoms. The van der Waals surface area contributed by atoms with Gasteiger partial charge in [-0.15, -0.1) is 0 Å². The minimum atomic E-state index is -0.617. The molecule has 3 rings (SSSR count). The van der Waals surface area contributed by atoms with Crippen molar-refractivity contribution in [1.82, 2.24) is 0 Å². The van der Waals surface area contributed by atoms with E-state index in [1.807, 2.05) is 18.2 Å². The Kier molecular flexibility index (Phi) is 4.92. The maximum Gasteiger partial charge on any atom is 0.323 e. The number of hydrogen-bond donors (Lipinski definition) is 1. The molecule has 3 aromatic rings. The first-order chi connectivity index (χ1) is 11.7. The molecule has 1 unspecified atom stereocenters. The van der Waals surface area contributed by atoms with Gasteiger partial charge in [-0.05, 0) is 40.8 Å². The molecule has 0 aliphatic carbocycles. The molecule has 122 valence electrons. The van der Waals surface area contributed by atoms with Gasteiger partial charge in [0.25, 0.3) is 0 Å². The highest BCUT2D eigenvalue weighted by Crippen LogP contribution is 2.28. The van der Waals surface area contributed by atoms with E-state index in [4.69, 9.17) is 10.5 Å². The largest absolute Gasteiger partial charge is 0.465 e. The van der Waals surface area contributed by atoms with Crippen LogP contribution in [0.5, 0.6) is 0 Å². The summed E-state index contributed by atoms with van der Waals surface area (Å²) in [4.78, 5) is 11.6. The van der Waals surface area contributed by atoms with Gasteiger partial charge in [0.2, 0.25) is 0 Å². The van der Waals surface area contributed by atoms with Crippen LogP contribution in [0, 0.1) is 0 Å². The first kappa shape index (κ1) is 16.2. The zero-order valence-electron chi connectivity index (χ0n) is 13.7. The first-order valence-electron chi connectivity index (χ1n) is 8.18. The van der Waals surface area contributed by atoms with Gasteiger partial charge in [0.15, 0.2) is 0 Å². The predicted octanol–water partition coefficient (Wildman–Crippen LogP) is 3.94. The Morgan fingerprint density at radius 2 is 1.71 bits per heavy atom. The summed E-state index contributed by atoms with van der Waals surface area (Å²) in [6.45, 7) is 2.14. The summed E-state index contributed by atoms with van der Waals surface area (Å²) in [6.07, 6.45) is 0.481. The van der Waals surface area contributed by atoms with E-state index in [1.54, 1.807) is 6.92 Å². The summed E-state index contributed by atoms with van der Waals surface area (Å²) >= 11 is 0. The van der Waals surface area contributed by atoms with Crippen LogP contribution < -0.4 is 5.73 Å². The van der Waals surface area contributed by atoms with Crippen LogP contribution in [0.4, 0.5) is 0 Å². The van der Waals surface area contributed by atoms with Crippen LogP contribution in [-0.4, -0.2) is 18.6 Å². The standard InChI is InChI=1S/C21H21NO2/c1-2-24-21(23)20(22)14-15-10-12-17(13-11-15)19-9-5-7-16-6-3-4-8-18(16)19/h3-13,20H,2,14,22H2,1H3. The molecule has 0 spiro atoms. The van der Waals surface area contributed by atoms with Gasteiger partial charge in [0.05, 0.1) is 6.61 Å². The van der Waals surface area contributed by atoms with E-state index in [9.17, 15) is 4.79 Å². The molecule has 0 amide bonds. The predicted molar refractivity (Wildman–Crippen MR) is 97.7 cm³/mol. The van der Waals surface area contributed by atoms with E-state index in [2.05, 4.69) is 48.5 Å². The second kappa shape index (κ2) is 7.28. The van der Waals surface area contributed by atoms with Crippen LogP contribution in [0.25, 0.3) is 21.9 Å². The molecule has 3 nitrogen and oxygen atoms in total. The molecule has 0 aromatic heterocycles. The van der Waals surface area contributed by atoms with Crippen molar-refractivity contribution in [2.75, 3.05) is 6.61 Å². The van der Waals surface area contributed by atoms with Crippen LogP contribution in [0.1, 0.15) is 12.5 Å². The maximum atomic E-state index is 11.6. The van der Waals surface area contributed by atoms with Crippen LogP contribution in [0.2, 0.25) is 0 Å². The average molecular weight is 319 g/mol. The maximum absolute atomic E-state index is 11.6. The number of esters is 1. The Balaban J connectivity index is 1.83. The number of carbonyl (C=O) groups excluding carboxylic acids is 1. The molecule has 0 aliphatic rings. The van der Waals surface area contributed by atoms with Gasteiger partial charge in [0.1, 0.15) is 6.04 Å². The SMILES string of the molecule is CCOC(=O)C(N)Cc1ccc(-c2cccc3ccccc23)cc1. The van der Waals surface area contributed by atoms with Crippen LogP contribution >= 0.6 is 0 Å². The van der Waals surface area contributed by atoms with Gasteiger partial charge >= 0.3 is 5.97 Å². The topological polar surface area (TPSA) is 52.3 Å². The molecule has 2 N–H and O–H groups in total. The second-order valence-electron chi connectivity index (χ2n) is 5.79. The Morgan fingerprint density at radius 3 is 2.46 bits per heavy atom. The van der Waals surface area contributed by atoms with Gasteiger partial charge < -0.3 is 10.5 Å². The number of nitrogens with two attached hydrogens (primary N) is 1. The number of hydrogen-bond acceptors (Lipinski definition) is 3. The molecule has 0 radical (unpaired) electrons. The number of carbonyl (C=O) groups is 1. The molecule has 0 heterocycles. The number of benzene rings is 3. The fourth-order valence-electron chi connectivity index (χ4n) is 2.88. The smallest absolute Gasteiger partial charge is 0.323 e. The number of rotatable bonds is 5. The van der Waals surface area contributed by atoms with Crippen LogP contribution in [-0.2, 0) is 16.0 Å². The van der Waals surface area contributed by atoms with E-state index in [0.29, 0.717) is 13.0 Å². The molecule has 3 heteroatoms. The molecule has 3 aromatic carbocycles. The molecular weight excluding hydrogens is 298 g/mol. The van der Waals surface area contributed by atoms with Crippen molar-refractivity contribution in [3.8, 4) is 11.1 Å². The van der Waals surface area contributed by atoms with Crippen molar-refractivity contribution in [3.63, 3.8) is 0 Å². The summed E-state index contributed by atoms with van der Waals surface area (Å²) in [5, 5.41) is 2.46. The summed E-state index contributed by atoms with van der Waals surface area (Å²) in [6, 6.07) is 22.3. The van der Waals surface area contributed by atoms with Crippen molar-refractivity contribution in [2.24, 2.45) is 5.73 Å². The zero-order valence-corrected chi connectivity index (χ0v) is 13.7. The van der Waals surface area contributed by atoms with Crippen molar-refractivity contribution >= 4 is 16.7 Å². The third kappa shape index (κ3) is 3.47. The van der Waals surface area contributed by atoms with Gasteiger partial charge in [0, 0.05) is 0 Å². The summed E-state index contributed by atoms with van der Waals surface area (Å²) in [5.41, 5.74) is 9.27. The molecule has 0 bridgehead atoms. The molecule has 1 atom stereocenters. The van der Waals surface area contributed by atoms with Crippen molar-refractivity contribution < 1.29 is 9.53 Å². The van der Waals surface area contributed by atoms with Crippen molar-refractivity contribution in [2.45, 2.75) is 19.4 Å². The highest BCUT2D eigenvalue weighted by atomic mass is 16.5. The third-order valence-electron chi connectivity index (χ3n) is 4.10. The van der Waals surface area contributed by atoms with Crippen molar-refractivity contribution in [3.05, 3.63) is 72.3 Å². The lowest BCUT2D eigenvalue weighted by Crippen LogP contribution is -2.34. The lowest BCUT2D eigenvalue weighted by Gasteiger charge is -2.11. The Hall–Kier alpha value is -2.65. The highest BCUT2D eigenvalue weighted by Gasteiger charge is 2.15. The fourth-order valence-corrected chi connectivity index (χ4v) is 2.88. The molecular formula is C21H21NO2. The monoisotopic (exact) mass is 319 g/mol. The Morgan fingerprint density at radius 1 is 1.00 bits per heavy atom. The van der Waals surface area contributed by atoms with Crippen LogP contribution in [0.3, 0.4) is 0 Å². The Bertz CT molecular complexity index is 835. The zero-order chi connectivity index (χ0) is 16.9. The lowest BCUT2D eigenvalue weighted by molar-refractivity contribution is -0.144. The fraction of sp³-hybridized carbons (Fsp3) is 0.190. The second-order valence-corrected chi connectivity index (χ2v) is 5.79. The van der Waals surface area contributed by atoms with Gasteiger partial charge in [-0.1, -0.05) is 66.7 Å². The third-order valence-corrected chi connectivity index (χ3v) is 4.10. The molecule has 0 aliphatic heterocycles. The average Bonchev–Trinajstić information content (AvgIpc) is 2.62. The van der Waals surface area contributed by atoms with E-state index in [0.717, 1.165) is 11.1 Å². The van der Waals surface area contributed by atoms with E-state index in [1.165, 1.54) is 16.3 Å². The molecule has 0 saturated carbocycles. The Labute approximate surface area is 142 Å². The van der Waals surface area contributed by atoms with Gasteiger partial charge in [-0.2, -0.15) is 0 Å². The highest BCUT2D eigenvalue weighted by molar-refractivity contribution is 5.96. The van der Waals surface area contributed by atoms with E-state index >= 15 is 0 Å². The first-order valence-corrected chi connectivity index (χ1v) is 8.18. The number of fused-ring (bicyclic) bond motifs is 1. The van der Waals surface area contributed by atoms with E-state index < -0.39 is 6.04 Å². The summed E-state index contributed by atoms with van der Waals surface area (Å²) < 4.78 is 4.95. The summed E-state index contributed by atoms with van der Waals surface area (Å²) in [7, 11) is 0. The molecule has 0 saturated heterocycles. The lowest BCUT2D eigenvalue weighted by atomic mass is 9.96. The van der Waals surface area contributed by atoms with Gasteiger partial charge in [-0.25, -0.2) is 0 Å². The van der Waals surface area contributed by atoms with Crippen LogP contribution in [0.15, 0.2) is 66.7 Å². The summed E-state index contributed by atoms with van der Waals surface area (Å²) in [5.74, 6) is -0.351. The quantitative estimate of drug-likeness (QED) is 0.725. The van der Waals surface area contributed by atoms with Gasteiger partial charge in [-0.3, -0.25) is 4.79 Å². The minimum absolute atomic E-state index is 0.351. The minimum Gasteiger partial charge on any atom is -0.465 e.